The molecule has 0 atom stereocenters. The van der Waals surface area contributed by atoms with Gasteiger partial charge in [0, 0.05) is 24.5 Å². The number of benzene rings is 3. The first-order valence-electron chi connectivity index (χ1n) is 11.9. The standard InChI is InChI=1S/C29H28N4O4S/c1-21-9-11-22(12-10-21)20-33(38(2,36)37)25-15-13-24(14-16-25)28(34)32-27-8-4-3-7-26(27)29(35)31-19-23-6-5-17-30-18-23/h3-18H,19-20H2,1-2H3,(H,31,35)(H,32,34). The van der Waals surface area contributed by atoms with Gasteiger partial charge < -0.3 is 10.6 Å². The van der Waals surface area contributed by atoms with Crippen molar-refractivity contribution in [3.63, 3.8) is 0 Å². The van der Waals surface area contributed by atoms with Gasteiger partial charge >= 0.3 is 0 Å². The highest BCUT2D eigenvalue weighted by Gasteiger charge is 2.19. The van der Waals surface area contributed by atoms with Gasteiger partial charge in [-0.05, 0) is 60.5 Å². The lowest BCUT2D eigenvalue weighted by atomic mass is 10.1. The second kappa shape index (κ2) is 11.7. The summed E-state index contributed by atoms with van der Waals surface area (Å²) in [5, 5.41) is 5.62. The number of pyridine rings is 1. The van der Waals surface area contributed by atoms with E-state index in [1.807, 2.05) is 37.3 Å². The quantitative estimate of drug-likeness (QED) is 0.332. The Labute approximate surface area is 222 Å². The van der Waals surface area contributed by atoms with Crippen LogP contribution < -0.4 is 14.9 Å². The molecule has 8 nitrogen and oxygen atoms in total. The molecule has 0 aliphatic carbocycles. The van der Waals surface area contributed by atoms with Gasteiger partial charge in [0.1, 0.15) is 0 Å². The van der Waals surface area contributed by atoms with Crippen LogP contribution in [0.5, 0.6) is 0 Å². The van der Waals surface area contributed by atoms with Gasteiger partial charge in [-0.25, -0.2) is 8.42 Å². The van der Waals surface area contributed by atoms with Crippen molar-refractivity contribution >= 4 is 33.2 Å². The van der Waals surface area contributed by atoms with Gasteiger partial charge in [-0.3, -0.25) is 18.9 Å². The number of nitrogens with one attached hydrogen (secondary N) is 2. The second-order valence-corrected chi connectivity index (χ2v) is 10.8. The Bertz CT molecular complexity index is 1520. The van der Waals surface area contributed by atoms with Crippen molar-refractivity contribution in [2.75, 3.05) is 15.9 Å². The molecule has 0 unspecified atom stereocenters. The Hall–Kier alpha value is -4.50. The van der Waals surface area contributed by atoms with Crippen molar-refractivity contribution in [3.05, 3.63) is 125 Å². The maximum atomic E-state index is 13.0. The predicted octanol–water partition coefficient (Wildman–Crippen LogP) is 4.54. The summed E-state index contributed by atoms with van der Waals surface area (Å²) in [7, 11) is -3.56. The molecule has 4 rings (SSSR count). The van der Waals surface area contributed by atoms with E-state index in [1.54, 1.807) is 67.0 Å². The minimum atomic E-state index is -3.56. The van der Waals surface area contributed by atoms with Crippen molar-refractivity contribution in [3.8, 4) is 0 Å². The Balaban J connectivity index is 1.47. The van der Waals surface area contributed by atoms with Crippen LogP contribution in [0.2, 0.25) is 0 Å². The monoisotopic (exact) mass is 528 g/mol. The maximum Gasteiger partial charge on any atom is 0.255 e. The van der Waals surface area contributed by atoms with E-state index >= 15 is 0 Å². The number of hydrogen-bond acceptors (Lipinski definition) is 5. The van der Waals surface area contributed by atoms with E-state index in [4.69, 9.17) is 0 Å². The molecule has 38 heavy (non-hydrogen) atoms. The molecule has 0 spiro atoms. The molecule has 1 aromatic heterocycles. The van der Waals surface area contributed by atoms with E-state index in [1.165, 1.54) is 4.31 Å². The number of sulfonamides is 1. The number of nitrogens with zero attached hydrogens (tertiary/aromatic N) is 2. The Morgan fingerprint density at radius 3 is 2.21 bits per heavy atom. The SMILES string of the molecule is Cc1ccc(CN(c2ccc(C(=O)Nc3ccccc3C(=O)NCc3cccnc3)cc2)S(C)(=O)=O)cc1. The molecule has 1 heterocycles. The van der Waals surface area contributed by atoms with Gasteiger partial charge in [-0.2, -0.15) is 0 Å². The lowest BCUT2D eigenvalue weighted by molar-refractivity contribution is 0.0951. The average Bonchev–Trinajstić information content (AvgIpc) is 2.92. The molecular formula is C29H28N4O4S. The zero-order valence-electron chi connectivity index (χ0n) is 21.1. The summed E-state index contributed by atoms with van der Waals surface area (Å²) >= 11 is 0. The number of carbonyl (C=O) groups excluding carboxylic acids is 2. The number of para-hydroxylation sites is 1. The van der Waals surface area contributed by atoms with Crippen molar-refractivity contribution in [1.82, 2.24) is 10.3 Å². The smallest absolute Gasteiger partial charge is 0.255 e. The van der Waals surface area contributed by atoms with E-state index in [2.05, 4.69) is 15.6 Å². The molecule has 4 aromatic rings. The number of anilines is 2. The highest BCUT2D eigenvalue weighted by Crippen LogP contribution is 2.23. The molecule has 0 aliphatic heterocycles. The highest BCUT2D eigenvalue weighted by molar-refractivity contribution is 7.92. The molecular weight excluding hydrogens is 500 g/mol. The molecule has 194 valence electrons. The molecule has 0 saturated carbocycles. The molecule has 0 aliphatic rings. The molecule has 0 bridgehead atoms. The summed E-state index contributed by atoms with van der Waals surface area (Å²) in [6.07, 6.45) is 4.48. The van der Waals surface area contributed by atoms with Crippen LogP contribution in [-0.4, -0.2) is 31.5 Å². The fourth-order valence-electron chi connectivity index (χ4n) is 3.80. The van der Waals surface area contributed by atoms with Crippen LogP contribution in [0.4, 0.5) is 11.4 Å². The van der Waals surface area contributed by atoms with Crippen molar-refractivity contribution < 1.29 is 18.0 Å². The van der Waals surface area contributed by atoms with E-state index in [0.29, 0.717) is 29.0 Å². The Morgan fingerprint density at radius 2 is 1.55 bits per heavy atom. The van der Waals surface area contributed by atoms with E-state index in [9.17, 15) is 18.0 Å². The number of hydrogen-bond donors (Lipinski definition) is 2. The van der Waals surface area contributed by atoms with Crippen molar-refractivity contribution in [2.45, 2.75) is 20.0 Å². The third-order valence-corrected chi connectivity index (χ3v) is 7.00. The number of aryl methyl sites for hydroxylation is 1. The molecule has 3 aromatic carbocycles. The van der Waals surface area contributed by atoms with Gasteiger partial charge in [0.15, 0.2) is 0 Å². The summed E-state index contributed by atoms with van der Waals surface area (Å²) in [6, 6.07) is 24.3. The van der Waals surface area contributed by atoms with Gasteiger partial charge in [0.25, 0.3) is 11.8 Å². The van der Waals surface area contributed by atoms with Crippen LogP contribution in [0.25, 0.3) is 0 Å². The van der Waals surface area contributed by atoms with Crippen LogP contribution in [0.3, 0.4) is 0 Å². The Kier molecular flexibility index (Phi) is 8.18. The molecule has 9 heteroatoms. The summed E-state index contributed by atoms with van der Waals surface area (Å²) in [6.45, 7) is 2.44. The molecule has 0 radical (unpaired) electrons. The van der Waals surface area contributed by atoms with Crippen molar-refractivity contribution in [1.29, 1.82) is 0 Å². The maximum absolute atomic E-state index is 13.0. The summed E-state index contributed by atoms with van der Waals surface area (Å²) in [4.78, 5) is 29.8. The molecule has 2 N–H and O–H groups in total. The zero-order valence-corrected chi connectivity index (χ0v) is 21.9. The topological polar surface area (TPSA) is 108 Å². The van der Waals surface area contributed by atoms with Crippen LogP contribution in [0, 0.1) is 6.92 Å². The second-order valence-electron chi connectivity index (χ2n) is 8.85. The summed E-state index contributed by atoms with van der Waals surface area (Å²) < 4.78 is 26.3. The zero-order chi connectivity index (χ0) is 27.1. The average molecular weight is 529 g/mol. The van der Waals surface area contributed by atoms with Crippen molar-refractivity contribution in [2.24, 2.45) is 0 Å². The van der Waals surface area contributed by atoms with Crippen LogP contribution in [-0.2, 0) is 23.1 Å². The van der Waals surface area contributed by atoms with Gasteiger partial charge in [-0.15, -0.1) is 0 Å². The third kappa shape index (κ3) is 6.83. The Morgan fingerprint density at radius 1 is 0.842 bits per heavy atom. The normalized spacial score (nSPS) is 11.0. The lowest BCUT2D eigenvalue weighted by Crippen LogP contribution is -2.29. The van der Waals surface area contributed by atoms with E-state index in [-0.39, 0.29) is 12.5 Å². The summed E-state index contributed by atoms with van der Waals surface area (Å²) in [5.41, 5.74) is 4.24. The van der Waals surface area contributed by atoms with E-state index in [0.717, 1.165) is 22.9 Å². The first-order valence-corrected chi connectivity index (χ1v) is 13.8. The first-order chi connectivity index (χ1) is 18.2. The summed E-state index contributed by atoms with van der Waals surface area (Å²) in [5.74, 6) is -0.756. The number of carbonyl (C=O) groups is 2. The van der Waals surface area contributed by atoms with E-state index < -0.39 is 15.9 Å². The number of aromatic nitrogens is 1. The minimum absolute atomic E-state index is 0.173. The largest absolute Gasteiger partial charge is 0.348 e. The molecule has 0 fully saturated rings. The van der Waals surface area contributed by atoms with Crippen LogP contribution in [0.15, 0.2) is 97.3 Å². The predicted molar refractivity (Wildman–Crippen MR) is 148 cm³/mol. The molecule has 2 amide bonds. The number of rotatable bonds is 9. The highest BCUT2D eigenvalue weighted by atomic mass is 32.2. The van der Waals surface area contributed by atoms with Crippen LogP contribution in [0.1, 0.15) is 37.4 Å². The fourth-order valence-corrected chi connectivity index (χ4v) is 4.69. The lowest BCUT2D eigenvalue weighted by Gasteiger charge is -2.23. The van der Waals surface area contributed by atoms with Gasteiger partial charge in [0.05, 0.1) is 29.7 Å². The number of amides is 2. The third-order valence-electron chi connectivity index (χ3n) is 5.86. The van der Waals surface area contributed by atoms with Gasteiger partial charge in [0.2, 0.25) is 10.0 Å². The molecule has 0 saturated heterocycles. The minimum Gasteiger partial charge on any atom is -0.348 e. The fraction of sp³-hybridized carbons (Fsp3) is 0.138. The first kappa shape index (κ1) is 26.6. The van der Waals surface area contributed by atoms with Crippen LogP contribution >= 0.6 is 0 Å². The van der Waals surface area contributed by atoms with Gasteiger partial charge in [-0.1, -0.05) is 48.0 Å².